The van der Waals surface area contributed by atoms with Gasteiger partial charge < -0.3 is 10.4 Å². The van der Waals surface area contributed by atoms with Crippen LogP contribution in [-0.2, 0) is 15.8 Å². The van der Waals surface area contributed by atoms with Crippen molar-refractivity contribution in [2.45, 2.75) is 17.8 Å². The second-order valence-electron chi connectivity index (χ2n) is 4.70. The molecule has 1 saturated heterocycles. The molecule has 1 heterocycles. The SMILES string of the molecule is O=C(O)CC1SC(=NN=Cc2cc(Br)cc(C(F)(F)F)c2F)NC1=O. The third-order valence-corrected chi connectivity index (χ3v) is 4.38. The van der Waals surface area contributed by atoms with Crippen LogP contribution < -0.4 is 5.32 Å². The number of amidine groups is 1. The molecular weight excluding hydrogens is 434 g/mol. The summed E-state index contributed by atoms with van der Waals surface area (Å²) in [6, 6.07) is 1.68. The maximum Gasteiger partial charge on any atom is 0.419 e. The predicted molar refractivity (Wildman–Crippen MR) is 85.9 cm³/mol. The monoisotopic (exact) mass is 441 g/mol. The van der Waals surface area contributed by atoms with E-state index in [-0.39, 0.29) is 9.64 Å². The number of amides is 1. The van der Waals surface area contributed by atoms with Gasteiger partial charge in [0.15, 0.2) is 5.17 Å². The molecule has 1 aliphatic rings. The number of halogens is 5. The van der Waals surface area contributed by atoms with E-state index in [1.54, 1.807) is 0 Å². The fraction of sp³-hybridized carbons (Fsp3) is 0.231. The molecule has 6 nitrogen and oxygen atoms in total. The summed E-state index contributed by atoms with van der Waals surface area (Å²) in [5, 5.41) is 17.0. The lowest BCUT2D eigenvalue weighted by Gasteiger charge is -2.10. The Labute approximate surface area is 150 Å². The number of thioether (sulfide) groups is 1. The molecule has 0 aliphatic carbocycles. The van der Waals surface area contributed by atoms with Crippen LogP contribution in [0.2, 0.25) is 0 Å². The van der Waals surface area contributed by atoms with Crippen molar-refractivity contribution < 1.29 is 32.3 Å². The number of aliphatic carboxylic acids is 1. The standard InChI is InChI=1S/C13H8BrF4N3O3S/c14-6-1-5(10(15)7(2-6)13(16,17)18)4-19-21-12-20-11(24)8(25-12)3-9(22)23/h1-2,4,8H,3H2,(H,22,23)(H,20,21,24). The third kappa shape index (κ3) is 5.01. The Hall–Kier alpha value is -1.95. The van der Waals surface area contributed by atoms with E-state index >= 15 is 0 Å². The lowest BCUT2D eigenvalue weighted by atomic mass is 10.1. The number of carbonyl (C=O) groups is 2. The zero-order valence-electron chi connectivity index (χ0n) is 12.0. The predicted octanol–water partition coefficient (Wildman–Crippen LogP) is 3.00. The van der Waals surface area contributed by atoms with Gasteiger partial charge in [-0.3, -0.25) is 9.59 Å². The Bertz CT molecular complexity index is 783. The summed E-state index contributed by atoms with van der Waals surface area (Å²) in [4.78, 5) is 22.1. The molecule has 1 fully saturated rings. The number of carboxylic acids is 1. The molecule has 1 aliphatic heterocycles. The van der Waals surface area contributed by atoms with Gasteiger partial charge in [-0.25, -0.2) is 4.39 Å². The molecule has 1 aromatic carbocycles. The highest BCUT2D eigenvalue weighted by molar-refractivity contribution is 9.10. The van der Waals surface area contributed by atoms with Crippen molar-refractivity contribution in [2.24, 2.45) is 10.2 Å². The Morgan fingerprint density at radius 2 is 2.12 bits per heavy atom. The molecule has 2 rings (SSSR count). The van der Waals surface area contributed by atoms with Crippen molar-refractivity contribution in [3.05, 3.63) is 33.5 Å². The number of nitrogens with zero attached hydrogens (tertiary/aromatic N) is 2. The number of nitrogens with one attached hydrogen (secondary N) is 1. The van der Waals surface area contributed by atoms with E-state index in [0.29, 0.717) is 6.07 Å². The first kappa shape index (κ1) is 19.4. The van der Waals surface area contributed by atoms with E-state index in [1.807, 2.05) is 0 Å². The average Bonchev–Trinajstić information content (AvgIpc) is 2.80. The number of carboxylic acid groups (broad SMARTS) is 1. The molecule has 1 atom stereocenters. The summed E-state index contributed by atoms with van der Waals surface area (Å²) in [7, 11) is 0. The number of rotatable bonds is 4. The summed E-state index contributed by atoms with van der Waals surface area (Å²) < 4.78 is 52.1. The van der Waals surface area contributed by atoms with Gasteiger partial charge in [-0.15, -0.1) is 5.10 Å². The number of hydrogen-bond donors (Lipinski definition) is 2. The molecule has 0 spiro atoms. The molecule has 0 bridgehead atoms. The van der Waals surface area contributed by atoms with Gasteiger partial charge in [0, 0.05) is 10.0 Å². The van der Waals surface area contributed by atoms with E-state index in [0.717, 1.165) is 24.0 Å². The fourth-order valence-corrected chi connectivity index (χ4v) is 3.19. The van der Waals surface area contributed by atoms with Crippen molar-refractivity contribution in [3.8, 4) is 0 Å². The smallest absolute Gasteiger partial charge is 0.419 e. The van der Waals surface area contributed by atoms with Crippen LogP contribution in [0.3, 0.4) is 0 Å². The van der Waals surface area contributed by atoms with Gasteiger partial charge in [-0.2, -0.15) is 18.3 Å². The quantitative estimate of drug-likeness (QED) is 0.426. The first-order chi connectivity index (χ1) is 11.6. The van der Waals surface area contributed by atoms with Crippen molar-refractivity contribution in [1.29, 1.82) is 0 Å². The highest BCUT2D eigenvalue weighted by Crippen LogP contribution is 2.34. The number of benzene rings is 1. The third-order valence-electron chi connectivity index (χ3n) is 2.85. The average molecular weight is 442 g/mol. The molecule has 1 aromatic rings. The second kappa shape index (κ2) is 7.52. The van der Waals surface area contributed by atoms with Crippen LogP contribution in [0.1, 0.15) is 17.5 Å². The molecule has 12 heteroatoms. The van der Waals surface area contributed by atoms with Crippen LogP contribution in [-0.4, -0.2) is 33.6 Å². The van der Waals surface area contributed by atoms with Crippen molar-refractivity contribution in [2.75, 3.05) is 0 Å². The summed E-state index contributed by atoms with van der Waals surface area (Å²) in [5.74, 6) is -3.26. The first-order valence-electron chi connectivity index (χ1n) is 6.44. The molecule has 2 N–H and O–H groups in total. The van der Waals surface area contributed by atoms with E-state index in [2.05, 4.69) is 31.4 Å². The molecule has 134 valence electrons. The van der Waals surface area contributed by atoms with Crippen molar-refractivity contribution in [1.82, 2.24) is 5.32 Å². The molecule has 0 radical (unpaired) electrons. The van der Waals surface area contributed by atoms with E-state index in [4.69, 9.17) is 5.11 Å². The minimum atomic E-state index is -4.87. The summed E-state index contributed by atoms with van der Waals surface area (Å²) in [6.45, 7) is 0. The number of carbonyl (C=O) groups excluding carboxylic acids is 1. The highest BCUT2D eigenvalue weighted by Gasteiger charge is 2.35. The Morgan fingerprint density at radius 3 is 2.72 bits per heavy atom. The minimum Gasteiger partial charge on any atom is -0.481 e. The van der Waals surface area contributed by atoms with E-state index in [9.17, 15) is 27.2 Å². The molecule has 0 saturated carbocycles. The van der Waals surface area contributed by atoms with Gasteiger partial charge >= 0.3 is 12.1 Å². The van der Waals surface area contributed by atoms with Crippen LogP contribution >= 0.6 is 27.7 Å². The second-order valence-corrected chi connectivity index (χ2v) is 6.80. The van der Waals surface area contributed by atoms with Gasteiger partial charge in [0.05, 0.1) is 18.2 Å². The summed E-state index contributed by atoms with van der Waals surface area (Å²) >= 11 is 3.66. The number of alkyl halides is 3. The minimum absolute atomic E-state index is 0.000365. The maximum absolute atomic E-state index is 13.9. The van der Waals surface area contributed by atoms with E-state index in [1.165, 1.54) is 0 Å². The van der Waals surface area contributed by atoms with Crippen LogP contribution in [0, 0.1) is 5.82 Å². The number of hydrogen-bond acceptors (Lipinski definition) is 5. The largest absolute Gasteiger partial charge is 0.481 e. The summed E-state index contributed by atoms with van der Waals surface area (Å²) in [6.07, 6.45) is -4.53. The van der Waals surface area contributed by atoms with Crippen molar-refractivity contribution in [3.63, 3.8) is 0 Å². The highest BCUT2D eigenvalue weighted by atomic mass is 79.9. The Balaban J connectivity index is 2.19. The van der Waals surface area contributed by atoms with Gasteiger partial charge in [-0.05, 0) is 12.1 Å². The van der Waals surface area contributed by atoms with E-state index < -0.39 is 46.7 Å². The zero-order valence-corrected chi connectivity index (χ0v) is 14.4. The molecule has 25 heavy (non-hydrogen) atoms. The Kier molecular flexibility index (Phi) is 5.83. The van der Waals surface area contributed by atoms with Crippen LogP contribution in [0.15, 0.2) is 26.8 Å². The first-order valence-corrected chi connectivity index (χ1v) is 8.11. The van der Waals surface area contributed by atoms with Crippen LogP contribution in [0.4, 0.5) is 17.6 Å². The fourth-order valence-electron chi connectivity index (χ4n) is 1.80. The van der Waals surface area contributed by atoms with Crippen molar-refractivity contribution >= 4 is 51.0 Å². The van der Waals surface area contributed by atoms with Crippen LogP contribution in [0.25, 0.3) is 0 Å². The normalized spacial score (nSPS) is 19.6. The van der Waals surface area contributed by atoms with Gasteiger partial charge in [0.1, 0.15) is 11.1 Å². The molecule has 1 amide bonds. The molecule has 0 aromatic heterocycles. The lowest BCUT2D eigenvalue weighted by Crippen LogP contribution is -2.26. The molecular formula is C13H8BrF4N3O3S. The van der Waals surface area contributed by atoms with Gasteiger partial charge in [0.2, 0.25) is 5.91 Å². The lowest BCUT2D eigenvalue weighted by molar-refractivity contribution is -0.140. The summed E-state index contributed by atoms with van der Waals surface area (Å²) in [5.41, 5.74) is -1.91. The van der Waals surface area contributed by atoms with Crippen LogP contribution in [0.5, 0.6) is 0 Å². The maximum atomic E-state index is 13.9. The zero-order chi connectivity index (χ0) is 18.8. The molecule has 1 unspecified atom stereocenters. The van der Waals surface area contributed by atoms with Gasteiger partial charge in [-0.1, -0.05) is 27.7 Å². The topological polar surface area (TPSA) is 91.1 Å². The Morgan fingerprint density at radius 1 is 1.44 bits per heavy atom. The van der Waals surface area contributed by atoms with Gasteiger partial charge in [0.25, 0.3) is 0 Å².